The molecule has 8 nitrogen and oxygen atoms in total. The Morgan fingerprint density at radius 3 is 2.09 bits per heavy atom. The number of methoxy groups -OCH3 is 3. The van der Waals surface area contributed by atoms with E-state index in [0.29, 0.717) is 33.8 Å². The van der Waals surface area contributed by atoms with Crippen molar-refractivity contribution in [2.45, 2.75) is 6.92 Å². The predicted molar refractivity (Wildman–Crippen MR) is 122 cm³/mol. The van der Waals surface area contributed by atoms with Gasteiger partial charge in [-0.15, -0.1) is 0 Å². The zero-order chi connectivity index (χ0) is 24.1. The number of carbonyl (C=O) groups excluding carboxylic acids is 2. The molecule has 0 aliphatic carbocycles. The standard InChI is InChI=1S/C25H23NO7/c1-14-17(16-10-11-19(31-2)20(12-16)32-3)13-18(22(24(28)29)21(14)25(30)33-4)26-23(27)15-8-6-5-7-9-15/h5-13H,1-4H3,(H,26,27)(H,28,29). The molecule has 0 saturated heterocycles. The first kappa shape index (κ1) is 23.3. The van der Waals surface area contributed by atoms with E-state index >= 15 is 0 Å². The predicted octanol–water partition coefficient (Wildman–Crippen LogP) is 4.42. The number of hydrogen-bond donors (Lipinski definition) is 2. The topological polar surface area (TPSA) is 111 Å². The Kier molecular flexibility index (Phi) is 6.97. The fourth-order valence-corrected chi connectivity index (χ4v) is 3.55. The normalized spacial score (nSPS) is 10.3. The molecule has 8 heteroatoms. The Labute approximate surface area is 190 Å². The molecule has 0 spiro atoms. The van der Waals surface area contributed by atoms with Gasteiger partial charge in [-0.1, -0.05) is 24.3 Å². The summed E-state index contributed by atoms with van der Waals surface area (Å²) in [6.07, 6.45) is 0. The first-order valence-corrected chi connectivity index (χ1v) is 9.90. The number of hydrogen-bond acceptors (Lipinski definition) is 6. The minimum atomic E-state index is -1.37. The summed E-state index contributed by atoms with van der Waals surface area (Å²) in [6.45, 7) is 1.62. The maximum absolute atomic E-state index is 12.8. The quantitative estimate of drug-likeness (QED) is 0.514. The van der Waals surface area contributed by atoms with Crippen LogP contribution in [0.25, 0.3) is 11.1 Å². The number of carboxylic acid groups (broad SMARTS) is 1. The van der Waals surface area contributed by atoms with Crippen molar-refractivity contribution < 1.29 is 33.7 Å². The van der Waals surface area contributed by atoms with Gasteiger partial charge in [0.2, 0.25) is 0 Å². The number of amides is 1. The van der Waals surface area contributed by atoms with Gasteiger partial charge in [-0.25, -0.2) is 9.59 Å². The van der Waals surface area contributed by atoms with Gasteiger partial charge >= 0.3 is 11.9 Å². The zero-order valence-corrected chi connectivity index (χ0v) is 18.6. The van der Waals surface area contributed by atoms with E-state index in [4.69, 9.17) is 14.2 Å². The smallest absolute Gasteiger partial charge is 0.339 e. The Morgan fingerprint density at radius 2 is 1.52 bits per heavy atom. The van der Waals surface area contributed by atoms with Gasteiger partial charge in [-0.05, 0) is 53.9 Å². The zero-order valence-electron chi connectivity index (χ0n) is 18.6. The van der Waals surface area contributed by atoms with Crippen LogP contribution in [0.15, 0.2) is 54.6 Å². The van der Waals surface area contributed by atoms with Crippen molar-refractivity contribution in [3.63, 3.8) is 0 Å². The highest BCUT2D eigenvalue weighted by molar-refractivity contribution is 6.13. The minimum Gasteiger partial charge on any atom is -0.493 e. The molecule has 0 aromatic heterocycles. The Morgan fingerprint density at radius 1 is 0.848 bits per heavy atom. The molecule has 0 atom stereocenters. The van der Waals surface area contributed by atoms with E-state index in [9.17, 15) is 19.5 Å². The first-order chi connectivity index (χ1) is 15.8. The van der Waals surface area contributed by atoms with E-state index in [1.54, 1.807) is 55.5 Å². The SMILES string of the molecule is COC(=O)c1c(C)c(-c2ccc(OC)c(OC)c2)cc(NC(=O)c2ccccc2)c1C(=O)O. The summed E-state index contributed by atoms with van der Waals surface area (Å²) in [5.74, 6) is -1.77. The number of aromatic carboxylic acids is 1. The van der Waals surface area contributed by atoms with Gasteiger partial charge < -0.3 is 24.6 Å². The second-order valence-corrected chi connectivity index (χ2v) is 7.03. The van der Waals surface area contributed by atoms with Crippen LogP contribution in [0.5, 0.6) is 11.5 Å². The maximum Gasteiger partial charge on any atom is 0.339 e. The summed E-state index contributed by atoms with van der Waals surface area (Å²) in [6, 6.07) is 15.0. The Hall–Kier alpha value is -4.33. The highest BCUT2D eigenvalue weighted by Crippen LogP contribution is 2.38. The summed E-state index contributed by atoms with van der Waals surface area (Å²) in [4.78, 5) is 37.6. The molecule has 3 aromatic carbocycles. The molecule has 33 heavy (non-hydrogen) atoms. The number of esters is 1. The van der Waals surface area contributed by atoms with Gasteiger partial charge in [-0.2, -0.15) is 0 Å². The minimum absolute atomic E-state index is 0.0351. The molecular weight excluding hydrogens is 426 g/mol. The first-order valence-electron chi connectivity index (χ1n) is 9.90. The van der Waals surface area contributed by atoms with Crippen LogP contribution >= 0.6 is 0 Å². The van der Waals surface area contributed by atoms with E-state index in [1.165, 1.54) is 27.4 Å². The lowest BCUT2D eigenvalue weighted by Gasteiger charge is -2.19. The third kappa shape index (κ3) is 4.64. The molecule has 0 aliphatic rings. The van der Waals surface area contributed by atoms with Gasteiger partial charge in [-0.3, -0.25) is 4.79 Å². The molecule has 3 aromatic rings. The van der Waals surface area contributed by atoms with Crippen LogP contribution in [0.2, 0.25) is 0 Å². The fraction of sp³-hybridized carbons (Fsp3) is 0.160. The van der Waals surface area contributed by atoms with Gasteiger partial charge in [0.15, 0.2) is 11.5 Å². The second kappa shape index (κ2) is 9.86. The number of carbonyl (C=O) groups is 3. The number of rotatable bonds is 7. The molecular formula is C25H23NO7. The fourth-order valence-electron chi connectivity index (χ4n) is 3.55. The lowest BCUT2D eigenvalue weighted by molar-refractivity contribution is 0.0582. The lowest BCUT2D eigenvalue weighted by atomic mass is 9.90. The van der Waals surface area contributed by atoms with Crippen LogP contribution in [-0.2, 0) is 4.74 Å². The Bertz CT molecular complexity index is 1220. The van der Waals surface area contributed by atoms with E-state index in [1.807, 2.05) is 0 Å². The molecule has 3 rings (SSSR count). The van der Waals surface area contributed by atoms with Crippen LogP contribution in [-0.4, -0.2) is 44.3 Å². The average Bonchev–Trinajstić information content (AvgIpc) is 2.83. The van der Waals surface area contributed by atoms with E-state index in [0.717, 1.165) is 0 Å². The average molecular weight is 449 g/mol. The number of carboxylic acids is 1. The largest absolute Gasteiger partial charge is 0.493 e. The summed E-state index contributed by atoms with van der Waals surface area (Å²) >= 11 is 0. The third-order valence-electron chi connectivity index (χ3n) is 5.17. The van der Waals surface area contributed by atoms with Crippen molar-refractivity contribution >= 4 is 23.5 Å². The maximum atomic E-state index is 12.8. The van der Waals surface area contributed by atoms with Crippen LogP contribution in [0, 0.1) is 6.92 Å². The summed E-state index contributed by atoms with van der Waals surface area (Å²) in [5.41, 5.74) is 1.32. The summed E-state index contributed by atoms with van der Waals surface area (Å²) < 4.78 is 15.5. The molecule has 0 heterocycles. The van der Waals surface area contributed by atoms with Crippen molar-refractivity contribution in [1.82, 2.24) is 0 Å². The second-order valence-electron chi connectivity index (χ2n) is 7.03. The summed E-state index contributed by atoms with van der Waals surface area (Å²) in [7, 11) is 4.17. The lowest BCUT2D eigenvalue weighted by Crippen LogP contribution is -2.19. The number of anilines is 1. The van der Waals surface area contributed by atoms with Crippen molar-refractivity contribution in [3.8, 4) is 22.6 Å². The number of ether oxygens (including phenoxy) is 3. The number of nitrogens with one attached hydrogen (secondary N) is 1. The van der Waals surface area contributed by atoms with E-state index in [2.05, 4.69) is 5.32 Å². The molecule has 0 aliphatic heterocycles. The molecule has 0 unspecified atom stereocenters. The van der Waals surface area contributed by atoms with Crippen molar-refractivity contribution in [3.05, 3.63) is 76.9 Å². The molecule has 0 radical (unpaired) electrons. The van der Waals surface area contributed by atoms with Crippen LogP contribution < -0.4 is 14.8 Å². The van der Waals surface area contributed by atoms with Crippen LogP contribution in [0.3, 0.4) is 0 Å². The van der Waals surface area contributed by atoms with Crippen molar-refractivity contribution in [2.75, 3.05) is 26.6 Å². The molecule has 0 saturated carbocycles. The summed E-state index contributed by atoms with van der Waals surface area (Å²) in [5, 5.41) is 12.5. The third-order valence-corrected chi connectivity index (χ3v) is 5.17. The van der Waals surface area contributed by atoms with E-state index < -0.39 is 17.8 Å². The number of benzene rings is 3. The molecule has 1 amide bonds. The molecule has 170 valence electrons. The van der Waals surface area contributed by atoms with Gasteiger partial charge in [0, 0.05) is 5.56 Å². The molecule has 0 fully saturated rings. The van der Waals surface area contributed by atoms with Gasteiger partial charge in [0.1, 0.15) is 0 Å². The van der Waals surface area contributed by atoms with Crippen LogP contribution in [0.1, 0.15) is 36.6 Å². The van der Waals surface area contributed by atoms with Gasteiger partial charge in [0.05, 0.1) is 38.1 Å². The Balaban J connectivity index is 2.27. The highest BCUT2D eigenvalue weighted by Gasteiger charge is 2.28. The van der Waals surface area contributed by atoms with Crippen molar-refractivity contribution in [1.29, 1.82) is 0 Å². The van der Waals surface area contributed by atoms with Crippen LogP contribution in [0.4, 0.5) is 5.69 Å². The molecule has 0 bridgehead atoms. The van der Waals surface area contributed by atoms with Gasteiger partial charge in [0.25, 0.3) is 5.91 Å². The van der Waals surface area contributed by atoms with Crippen molar-refractivity contribution in [2.24, 2.45) is 0 Å². The molecule has 2 N–H and O–H groups in total. The monoisotopic (exact) mass is 449 g/mol. The highest BCUT2D eigenvalue weighted by atomic mass is 16.5. The van der Waals surface area contributed by atoms with E-state index in [-0.39, 0.29) is 16.8 Å².